The Morgan fingerprint density at radius 1 is 1.23 bits per heavy atom. The molecular weight excluding hydrogens is 290 g/mol. The molecule has 116 valence electrons. The zero-order chi connectivity index (χ0) is 16.1. The maximum Gasteiger partial charge on any atom is 0.330 e. The van der Waals surface area contributed by atoms with Gasteiger partial charge in [-0.05, 0) is 12.0 Å². The fourth-order valence-electron chi connectivity index (χ4n) is 2.10. The average molecular weight is 305 g/mol. The zero-order valence-corrected chi connectivity index (χ0v) is 11.5. The monoisotopic (exact) mass is 305 g/mol. The molecule has 8 heteroatoms. The van der Waals surface area contributed by atoms with Crippen molar-refractivity contribution in [2.45, 2.75) is 24.9 Å². The van der Waals surface area contributed by atoms with Gasteiger partial charge in [0.25, 0.3) is 5.91 Å². The van der Waals surface area contributed by atoms with Crippen LogP contribution in [-0.2, 0) is 14.4 Å². The van der Waals surface area contributed by atoms with Gasteiger partial charge in [0, 0.05) is 6.42 Å². The lowest BCUT2D eigenvalue weighted by Gasteiger charge is -2.15. The first-order chi connectivity index (χ1) is 10.5. The highest BCUT2D eigenvalue weighted by Gasteiger charge is 2.30. The second-order valence-corrected chi connectivity index (χ2v) is 4.80. The van der Waals surface area contributed by atoms with Crippen LogP contribution in [0.4, 0.5) is 4.79 Å². The summed E-state index contributed by atoms with van der Waals surface area (Å²) in [5.74, 6) is -2.17. The molecule has 1 aromatic rings. The molecule has 0 spiro atoms. The third kappa shape index (κ3) is 3.81. The molecule has 0 aromatic heterocycles. The predicted octanol–water partition coefficient (Wildman–Crippen LogP) is -0.0833. The van der Waals surface area contributed by atoms with Gasteiger partial charge in [-0.3, -0.25) is 14.9 Å². The van der Waals surface area contributed by atoms with Gasteiger partial charge in [-0.2, -0.15) is 0 Å². The molecule has 1 saturated heterocycles. The number of urea groups is 1. The standard InChI is InChI=1S/C14H15N3O5/c18-10(7-6-9-12(19)17-14(22)15-9)16-11(13(20)21)8-4-2-1-3-5-8/h1-5,9,11H,6-7H2,(H,16,18)(H,20,21)(H2,15,17,19,22)/t9-,11-/m0/s1. The van der Waals surface area contributed by atoms with Crippen molar-refractivity contribution in [3.05, 3.63) is 35.9 Å². The Kier molecular flexibility index (Phi) is 4.72. The second-order valence-electron chi connectivity index (χ2n) is 4.80. The number of imide groups is 1. The fraction of sp³-hybridized carbons (Fsp3) is 0.286. The summed E-state index contributed by atoms with van der Waals surface area (Å²) in [5, 5.41) is 16.0. The Morgan fingerprint density at radius 3 is 2.45 bits per heavy atom. The van der Waals surface area contributed by atoms with Gasteiger partial charge < -0.3 is 15.7 Å². The van der Waals surface area contributed by atoms with Crippen molar-refractivity contribution < 1.29 is 24.3 Å². The number of hydrogen-bond acceptors (Lipinski definition) is 4. The summed E-state index contributed by atoms with van der Waals surface area (Å²) in [7, 11) is 0. The Morgan fingerprint density at radius 2 is 1.91 bits per heavy atom. The fourth-order valence-corrected chi connectivity index (χ4v) is 2.10. The highest BCUT2D eigenvalue weighted by Crippen LogP contribution is 2.13. The van der Waals surface area contributed by atoms with Gasteiger partial charge in [-0.25, -0.2) is 9.59 Å². The maximum absolute atomic E-state index is 11.9. The molecule has 1 fully saturated rings. The number of carbonyl (C=O) groups is 4. The second kappa shape index (κ2) is 6.70. The van der Waals surface area contributed by atoms with E-state index >= 15 is 0 Å². The van der Waals surface area contributed by atoms with Crippen molar-refractivity contribution in [1.29, 1.82) is 0 Å². The van der Waals surface area contributed by atoms with E-state index in [1.807, 2.05) is 0 Å². The summed E-state index contributed by atoms with van der Waals surface area (Å²) >= 11 is 0. The number of benzene rings is 1. The third-order valence-electron chi connectivity index (χ3n) is 3.20. The van der Waals surface area contributed by atoms with Gasteiger partial charge >= 0.3 is 12.0 Å². The van der Waals surface area contributed by atoms with Crippen molar-refractivity contribution >= 4 is 23.8 Å². The first kappa shape index (κ1) is 15.5. The minimum Gasteiger partial charge on any atom is -0.479 e. The number of hydrogen-bond donors (Lipinski definition) is 4. The maximum atomic E-state index is 11.9. The first-order valence-electron chi connectivity index (χ1n) is 6.66. The quantitative estimate of drug-likeness (QED) is 0.547. The van der Waals surface area contributed by atoms with E-state index in [2.05, 4.69) is 16.0 Å². The van der Waals surface area contributed by atoms with E-state index in [9.17, 15) is 24.3 Å². The van der Waals surface area contributed by atoms with E-state index in [0.717, 1.165) is 0 Å². The molecule has 2 rings (SSSR count). The van der Waals surface area contributed by atoms with E-state index in [1.54, 1.807) is 30.3 Å². The van der Waals surface area contributed by atoms with Crippen molar-refractivity contribution in [1.82, 2.24) is 16.0 Å². The molecule has 1 aromatic carbocycles. The number of carbonyl (C=O) groups excluding carboxylic acids is 3. The Hall–Kier alpha value is -2.90. The summed E-state index contributed by atoms with van der Waals surface area (Å²) in [5.41, 5.74) is 0.454. The van der Waals surface area contributed by atoms with E-state index in [1.165, 1.54) is 0 Å². The van der Waals surface area contributed by atoms with Gasteiger partial charge in [-0.1, -0.05) is 30.3 Å². The van der Waals surface area contributed by atoms with Crippen LogP contribution in [0.5, 0.6) is 0 Å². The molecule has 1 aliphatic heterocycles. The van der Waals surface area contributed by atoms with E-state index in [0.29, 0.717) is 5.56 Å². The largest absolute Gasteiger partial charge is 0.479 e. The van der Waals surface area contributed by atoms with Crippen molar-refractivity contribution in [3.8, 4) is 0 Å². The normalized spacial score (nSPS) is 18.3. The lowest BCUT2D eigenvalue weighted by atomic mass is 10.1. The Labute approximate surface area is 125 Å². The molecule has 2 atom stereocenters. The summed E-state index contributed by atoms with van der Waals surface area (Å²) < 4.78 is 0. The zero-order valence-electron chi connectivity index (χ0n) is 11.5. The van der Waals surface area contributed by atoms with Crippen LogP contribution in [0.3, 0.4) is 0 Å². The Balaban J connectivity index is 1.91. The van der Waals surface area contributed by atoms with Gasteiger partial charge in [0.05, 0.1) is 0 Å². The molecule has 4 N–H and O–H groups in total. The number of rotatable bonds is 6. The molecule has 0 radical (unpaired) electrons. The van der Waals surface area contributed by atoms with Crippen molar-refractivity contribution in [3.63, 3.8) is 0 Å². The van der Waals surface area contributed by atoms with E-state index < -0.39 is 35.9 Å². The average Bonchev–Trinajstić information content (AvgIpc) is 2.81. The van der Waals surface area contributed by atoms with Crippen LogP contribution in [0, 0.1) is 0 Å². The van der Waals surface area contributed by atoms with E-state index in [4.69, 9.17) is 0 Å². The number of nitrogens with one attached hydrogen (secondary N) is 3. The minimum atomic E-state index is -1.17. The van der Waals surface area contributed by atoms with Gasteiger partial charge in [-0.15, -0.1) is 0 Å². The van der Waals surface area contributed by atoms with Crippen LogP contribution >= 0.6 is 0 Å². The number of aliphatic carboxylic acids is 1. The van der Waals surface area contributed by atoms with Gasteiger partial charge in [0.15, 0.2) is 6.04 Å². The van der Waals surface area contributed by atoms with Gasteiger partial charge in [0.2, 0.25) is 5.91 Å². The van der Waals surface area contributed by atoms with Gasteiger partial charge in [0.1, 0.15) is 6.04 Å². The minimum absolute atomic E-state index is 0.0744. The van der Waals surface area contributed by atoms with Crippen molar-refractivity contribution in [2.75, 3.05) is 0 Å². The molecule has 1 aliphatic rings. The third-order valence-corrected chi connectivity index (χ3v) is 3.20. The molecule has 0 saturated carbocycles. The lowest BCUT2D eigenvalue weighted by molar-refractivity contribution is -0.142. The molecule has 0 bridgehead atoms. The van der Waals surface area contributed by atoms with Crippen molar-refractivity contribution in [2.24, 2.45) is 0 Å². The first-order valence-corrected chi connectivity index (χ1v) is 6.66. The van der Waals surface area contributed by atoms with E-state index in [-0.39, 0.29) is 12.8 Å². The lowest BCUT2D eigenvalue weighted by Crippen LogP contribution is -2.36. The molecule has 0 unspecified atom stereocenters. The summed E-state index contributed by atoms with van der Waals surface area (Å²) in [6.45, 7) is 0. The van der Waals surface area contributed by atoms with Crippen LogP contribution in [-0.4, -0.2) is 35.0 Å². The summed E-state index contributed by atoms with van der Waals surface area (Å²) in [4.78, 5) is 45.4. The van der Waals surface area contributed by atoms with Crippen LogP contribution < -0.4 is 16.0 Å². The summed E-state index contributed by atoms with van der Waals surface area (Å²) in [6, 6.07) is 5.78. The summed E-state index contributed by atoms with van der Waals surface area (Å²) in [6.07, 6.45) is 0.0273. The highest BCUT2D eigenvalue weighted by atomic mass is 16.4. The highest BCUT2D eigenvalue weighted by molar-refractivity contribution is 6.04. The number of carboxylic acids is 1. The predicted molar refractivity (Wildman–Crippen MR) is 74.7 cm³/mol. The smallest absolute Gasteiger partial charge is 0.330 e. The van der Waals surface area contributed by atoms with Crippen LogP contribution in [0.25, 0.3) is 0 Å². The molecule has 22 heavy (non-hydrogen) atoms. The Bertz CT molecular complexity index is 602. The topological polar surface area (TPSA) is 125 Å². The SMILES string of the molecule is O=C(CC[C@@H]1NC(=O)NC1=O)N[C@H](C(=O)O)c1ccccc1. The van der Waals surface area contributed by atoms with Crippen LogP contribution in [0.2, 0.25) is 0 Å². The van der Waals surface area contributed by atoms with Crippen LogP contribution in [0.15, 0.2) is 30.3 Å². The number of amides is 4. The molecular formula is C14H15N3O5. The molecule has 0 aliphatic carbocycles. The molecule has 4 amide bonds. The molecule has 8 nitrogen and oxygen atoms in total. The number of carboxylic acid groups (broad SMARTS) is 1. The van der Waals surface area contributed by atoms with Crippen LogP contribution in [0.1, 0.15) is 24.4 Å². The molecule has 1 heterocycles.